The average Bonchev–Trinajstić information content (AvgIpc) is 3.56. The standard InChI is InChI=1S/C25H36N4O4S2/c30-21(7-2-1-5-18-23-16(14-35-18)27-24(32)28-23)26-8-10-34-19-11-15-12-22(31)33-25(15)13-17(19)29-9-4-3-6-20(25)29/h12,16-20,23H,1-11,13-14H2,(H,26,30)(H2,27,28,32). The van der Waals surface area contributed by atoms with Gasteiger partial charge in [0.2, 0.25) is 5.91 Å². The number of nitrogens with zero attached hydrogens (tertiary/aromatic N) is 1. The Balaban J connectivity index is 0.910. The molecule has 192 valence electrons. The van der Waals surface area contributed by atoms with E-state index in [2.05, 4.69) is 20.9 Å². The molecule has 2 bridgehead atoms. The number of amides is 3. The van der Waals surface area contributed by atoms with Crippen molar-refractivity contribution in [3.8, 4) is 0 Å². The van der Waals surface area contributed by atoms with E-state index in [-0.39, 0.29) is 35.6 Å². The van der Waals surface area contributed by atoms with Crippen LogP contribution in [0.3, 0.4) is 0 Å². The molecular formula is C25H36N4O4S2. The number of hydrogen-bond donors (Lipinski definition) is 3. The fourth-order valence-electron chi connectivity index (χ4n) is 7.27. The first-order valence-electron chi connectivity index (χ1n) is 13.3. The SMILES string of the molecule is O=C(CCCCC1SCC2NC(=O)NC21)NCCSC1CC2=CC(=O)OC23CC1N1CCCCC13. The molecule has 0 aromatic heterocycles. The van der Waals surface area contributed by atoms with E-state index in [1.807, 2.05) is 23.5 Å². The van der Waals surface area contributed by atoms with Crippen LogP contribution in [0.4, 0.5) is 4.79 Å². The van der Waals surface area contributed by atoms with E-state index in [0.717, 1.165) is 56.6 Å². The van der Waals surface area contributed by atoms with Crippen LogP contribution in [-0.4, -0.2) is 87.7 Å². The van der Waals surface area contributed by atoms with Crippen molar-refractivity contribution in [1.82, 2.24) is 20.9 Å². The third-order valence-electron chi connectivity index (χ3n) is 8.83. The Morgan fingerprint density at radius 2 is 2.20 bits per heavy atom. The van der Waals surface area contributed by atoms with Gasteiger partial charge in [-0.3, -0.25) is 9.69 Å². The van der Waals surface area contributed by atoms with Gasteiger partial charge in [0.25, 0.3) is 0 Å². The molecule has 6 rings (SSSR count). The number of ether oxygens (including phenoxy) is 1. The average molecular weight is 521 g/mol. The van der Waals surface area contributed by atoms with Crippen molar-refractivity contribution in [3.63, 3.8) is 0 Å². The van der Waals surface area contributed by atoms with E-state index in [4.69, 9.17) is 4.74 Å². The Morgan fingerprint density at radius 3 is 3.11 bits per heavy atom. The number of rotatable bonds is 9. The molecule has 7 unspecified atom stereocenters. The van der Waals surface area contributed by atoms with Gasteiger partial charge in [-0.05, 0) is 44.2 Å². The van der Waals surface area contributed by atoms with Crippen molar-refractivity contribution in [1.29, 1.82) is 0 Å². The summed E-state index contributed by atoms with van der Waals surface area (Å²) in [5, 5.41) is 10.0. The number of carbonyl (C=O) groups excluding carboxylic acids is 3. The van der Waals surface area contributed by atoms with Gasteiger partial charge in [-0.1, -0.05) is 12.8 Å². The van der Waals surface area contributed by atoms with Gasteiger partial charge >= 0.3 is 12.0 Å². The molecule has 5 heterocycles. The lowest BCUT2D eigenvalue weighted by molar-refractivity contribution is -0.148. The number of thioether (sulfide) groups is 2. The highest BCUT2D eigenvalue weighted by molar-refractivity contribution is 8.00. The molecule has 35 heavy (non-hydrogen) atoms. The van der Waals surface area contributed by atoms with Gasteiger partial charge in [-0.2, -0.15) is 23.5 Å². The van der Waals surface area contributed by atoms with Gasteiger partial charge in [0.15, 0.2) is 5.60 Å². The topological polar surface area (TPSA) is 99.8 Å². The summed E-state index contributed by atoms with van der Waals surface area (Å²) in [7, 11) is 0. The van der Waals surface area contributed by atoms with Crippen molar-refractivity contribution < 1.29 is 19.1 Å². The first kappa shape index (κ1) is 24.0. The monoisotopic (exact) mass is 520 g/mol. The van der Waals surface area contributed by atoms with Gasteiger partial charge in [-0.25, -0.2) is 9.59 Å². The number of urea groups is 1. The quantitative estimate of drug-likeness (QED) is 0.243. The summed E-state index contributed by atoms with van der Waals surface area (Å²) in [4.78, 5) is 38.6. The van der Waals surface area contributed by atoms with Crippen molar-refractivity contribution >= 4 is 41.4 Å². The number of unbranched alkanes of at least 4 members (excludes halogenated alkanes) is 1. The van der Waals surface area contributed by atoms with E-state index >= 15 is 0 Å². The Kier molecular flexibility index (Phi) is 6.73. The van der Waals surface area contributed by atoms with E-state index in [1.165, 1.54) is 18.4 Å². The zero-order valence-corrected chi connectivity index (χ0v) is 21.8. The first-order valence-corrected chi connectivity index (χ1v) is 15.4. The van der Waals surface area contributed by atoms with E-state index in [0.29, 0.717) is 35.5 Å². The van der Waals surface area contributed by atoms with Crippen LogP contribution in [-0.2, 0) is 14.3 Å². The lowest BCUT2D eigenvalue weighted by atomic mass is 9.77. The van der Waals surface area contributed by atoms with Gasteiger partial charge in [0.05, 0.1) is 18.1 Å². The molecule has 0 radical (unpaired) electrons. The second-order valence-electron chi connectivity index (χ2n) is 10.8. The highest BCUT2D eigenvalue weighted by atomic mass is 32.2. The lowest BCUT2D eigenvalue weighted by Gasteiger charge is -2.38. The summed E-state index contributed by atoms with van der Waals surface area (Å²) in [6, 6.07) is 1.30. The van der Waals surface area contributed by atoms with Crippen LogP contribution in [0.2, 0.25) is 0 Å². The molecule has 5 aliphatic heterocycles. The minimum absolute atomic E-state index is 0.0411. The van der Waals surface area contributed by atoms with Crippen LogP contribution in [0.1, 0.15) is 57.8 Å². The molecular weight excluding hydrogens is 484 g/mol. The Bertz CT molecular complexity index is 916. The largest absolute Gasteiger partial charge is 0.450 e. The molecule has 4 saturated heterocycles. The summed E-state index contributed by atoms with van der Waals surface area (Å²) < 4.78 is 5.96. The second kappa shape index (κ2) is 9.82. The normalized spacial score (nSPS) is 39.3. The van der Waals surface area contributed by atoms with Crippen LogP contribution in [0, 0.1) is 0 Å². The van der Waals surface area contributed by atoms with Gasteiger partial charge in [0.1, 0.15) is 0 Å². The summed E-state index contributed by atoms with van der Waals surface area (Å²) >= 11 is 3.88. The van der Waals surface area contributed by atoms with E-state index < -0.39 is 0 Å². The van der Waals surface area contributed by atoms with Gasteiger partial charge < -0.3 is 20.7 Å². The molecule has 5 fully saturated rings. The van der Waals surface area contributed by atoms with E-state index in [1.54, 1.807) is 6.08 Å². The molecule has 1 spiro atoms. The maximum atomic E-state index is 12.4. The summed E-state index contributed by atoms with van der Waals surface area (Å²) in [6.45, 7) is 1.80. The molecule has 3 amide bonds. The predicted octanol–water partition coefficient (Wildman–Crippen LogP) is 2.18. The second-order valence-corrected chi connectivity index (χ2v) is 13.5. The third-order valence-corrected chi connectivity index (χ3v) is 11.7. The van der Waals surface area contributed by atoms with Crippen molar-refractivity contribution in [2.75, 3.05) is 24.6 Å². The zero-order valence-electron chi connectivity index (χ0n) is 20.1. The molecule has 0 aromatic carbocycles. The van der Waals surface area contributed by atoms with Crippen LogP contribution in [0.15, 0.2) is 11.6 Å². The summed E-state index contributed by atoms with van der Waals surface area (Å²) in [5.41, 5.74) is 0.875. The van der Waals surface area contributed by atoms with Crippen molar-refractivity contribution in [3.05, 3.63) is 11.6 Å². The van der Waals surface area contributed by atoms with Crippen LogP contribution in [0.5, 0.6) is 0 Å². The first-order chi connectivity index (χ1) is 17.0. The lowest BCUT2D eigenvalue weighted by Crippen LogP contribution is -2.48. The van der Waals surface area contributed by atoms with E-state index in [9.17, 15) is 14.4 Å². The molecule has 1 saturated carbocycles. The van der Waals surface area contributed by atoms with Crippen LogP contribution in [0.25, 0.3) is 0 Å². The zero-order chi connectivity index (χ0) is 24.0. The summed E-state index contributed by atoms with van der Waals surface area (Å²) in [6.07, 6.45) is 10.7. The predicted molar refractivity (Wildman–Crippen MR) is 137 cm³/mol. The smallest absolute Gasteiger partial charge is 0.331 e. The number of nitrogens with one attached hydrogen (secondary N) is 3. The Hall–Kier alpha value is -1.39. The van der Waals surface area contributed by atoms with Crippen LogP contribution < -0.4 is 16.0 Å². The number of hydrogen-bond acceptors (Lipinski definition) is 7. The fourth-order valence-corrected chi connectivity index (χ4v) is 10.1. The molecule has 3 N–H and O–H groups in total. The third kappa shape index (κ3) is 4.48. The highest BCUT2D eigenvalue weighted by Crippen LogP contribution is 2.55. The highest BCUT2D eigenvalue weighted by Gasteiger charge is 2.63. The Morgan fingerprint density at radius 1 is 1.29 bits per heavy atom. The minimum Gasteiger partial charge on any atom is -0.450 e. The molecule has 7 atom stereocenters. The number of piperidine rings is 1. The molecule has 1 aliphatic carbocycles. The summed E-state index contributed by atoms with van der Waals surface area (Å²) in [5.74, 6) is 1.86. The fraction of sp³-hybridized carbons (Fsp3) is 0.800. The molecule has 0 aromatic rings. The maximum absolute atomic E-state index is 12.4. The number of carbonyl (C=O) groups is 3. The molecule has 6 aliphatic rings. The number of fused-ring (bicyclic) bond motifs is 4. The minimum atomic E-state index is -0.342. The Labute approximate surface area is 215 Å². The van der Waals surface area contributed by atoms with Gasteiger partial charge in [0, 0.05) is 53.5 Å². The van der Waals surface area contributed by atoms with Crippen molar-refractivity contribution in [2.45, 2.75) is 98.1 Å². The van der Waals surface area contributed by atoms with Gasteiger partial charge in [-0.15, -0.1) is 0 Å². The molecule has 10 heteroatoms. The van der Waals surface area contributed by atoms with Crippen LogP contribution >= 0.6 is 23.5 Å². The molecule has 8 nitrogen and oxygen atoms in total. The number of esters is 1. The van der Waals surface area contributed by atoms with Crippen molar-refractivity contribution in [2.24, 2.45) is 0 Å². The maximum Gasteiger partial charge on any atom is 0.331 e.